The number of benzene rings is 5. The first-order valence-electron chi connectivity index (χ1n) is 12.7. The molecule has 0 unspecified atom stereocenters. The van der Waals surface area contributed by atoms with Crippen LogP contribution in [0.2, 0.25) is 0 Å². The van der Waals surface area contributed by atoms with Gasteiger partial charge in [-0.2, -0.15) is 0 Å². The summed E-state index contributed by atoms with van der Waals surface area (Å²) < 4.78 is 13.1. The maximum Gasteiger partial charge on any atom is 0.261 e. The van der Waals surface area contributed by atoms with Crippen LogP contribution in [-0.4, -0.2) is 11.4 Å². The molecule has 0 aliphatic carbocycles. The Balaban J connectivity index is 1.53. The summed E-state index contributed by atoms with van der Waals surface area (Å²) in [6, 6.07) is 36.2. The van der Waals surface area contributed by atoms with E-state index in [4.69, 9.17) is 9.47 Å². The molecule has 2 aliphatic heterocycles. The largest absolute Gasteiger partial charge is 0.454 e. The first-order valence-corrected chi connectivity index (χ1v) is 12.7. The summed E-state index contributed by atoms with van der Waals surface area (Å²) in [5.74, 6) is 1.41. The number of anilines is 1. The predicted octanol–water partition coefficient (Wildman–Crippen LogP) is 7.05. The monoisotopic (exact) mass is 494 g/mol. The molecule has 5 heteroatoms. The normalized spacial score (nSPS) is 15.2. The molecule has 0 fully saturated rings. The Morgan fingerprint density at radius 1 is 0.711 bits per heavy atom. The van der Waals surface area contributed by atoms with Gasteiger partial charge in [0.25, 0.3) is 5.56 Å². The maximum absolute atomic E-state index is 14.7. The van der Waals surface area contributed by atoms with E-state index in [-0.39, 0.29) is 18.4 Å². The highest BCUT2D eigenvalue weighted by atomic mass is 16.7. The zero-order valence-electron chi connectivity index (χ0n) is 20.3. The topological polar surface area (TPSA) is 52.5 Å². The Labute approximate surface area is 218 Å². The number of ether oxygens (including phenoxy) is 2. The van der Waals surface area contributed by atoms with Gasteiger partial charge in [-0.15, -0.1) is 0 Å². The first kappa shape index (κ1) is 21.1. The van der Waals surface area contributed by atoms with Gasteiger partial charge in [0.2, 0.25) is 6.79 Å². The van der Waals surface area contributed by atoms with Gasteiger partial charge in [0.05, 0.1) is 17.1 Å². The van der Waals surface area contributed by atoms with Crippen molar-refractivity contribution < 1.29 is 9.47 Å². The number of nitrogens with one attached hydrogen (secondary N) is 1. The lowest BCUT2D eigenvalue weighted by atomic mass is 9.83. The average Bonchev–Trinajstić information content (AvgIpc) is 3.45. The highest BCUT2D eigenvalue weighted by Crippen LogP contribution is 2.49. The third-order valence-corrected chi connectivity index (χ3v) is 7.63. The number of aromatic nitrogens is 1. The van der Waals surface area contributed by atoms with Crippen molar-refractivity contribution in [3.05, 3.63) is 131 Å². The molecule has 5 nitrogen and oxygen atoms in total. The summed E-state index contributed by atoms with van der Waals surface area (Å²) in [5.41, 5.74) is 6.38. The molecule has 0 saturated carbocycles. The SMILES string of the molecule is O=c1c2c(c3ccccc3n1-c1ccccc1)-c1c(ccc3ccccc13)N[C@@H]2c1ccc2c(c1)OCO2. The molecular weight excluding hydrogens is 472 g/mol. The van der Waals surface area contributed by atoms with Gasteiger partial charge in [0.15, 0.2) is 11.5 Å². The summed E-state index contributed by atoms with van der Waals surface area (Å²) in [4.78, 5) is 14.7. The number of pyridine rings is 1. The van der Waals surface area contributed by atoms with Crippen molar-refractivity contribution in [2.75, 3.05) is 12.1 Å². The van der Waals surface area contributed by atoms with Crippen LogP contribution in [0.3, 0.4) is 0 Å². The molecule has 0 amide bonds. The van der Waals surface area contributed by atoms with E-state index in [1.165, 1.54) is 0 Å². The van der Waals surface area contributed by atoms with Gasteiger partial charge in [0.1, 0.15) is 0 Å². The van der Waals surface area contributed by atoms with Crippen molar-refractivity contribution in [3.63, 3.8) is 0 Å². The first-order chi connectivity index (χ1) is 18.8. The number of rotatable bonds is 2. The zero-order chi connectivity index (χ0) is 25.2. The van der Waals surface area contributed by atoms with Crippen molar-refractivity contribution in [2.45, 2.75) is 6.04 Å². The molecule has 0 spiro atoms. The Hall–Kier alpha value is -5.03. The van der Waals surface area contributed by atoms with E-state index in [2.05, 4.69) is 41.7 Å². The van der Waals surface area contributed by atoms with Crippen LogP contribution in [0.25, 0.3) is 38.5 Å². The molecule has 182 valence electrons. The van der Waals surface area contributed by atoms with Gasteiger partial charge in [0, 0.05) is 27.9 Å². The standard InChI is InChI=1S/C33H22N2O3/c36-33-31-30(24-12-6-7-13-26(24)35(33)22-9-2-1-3-10-22)29-23-11-5-4-8-20(23)14-16-25(29)34-32(31)21-15-17-27-28(18-21)38-19-37-27/h1-18,32,34H,19H2/t32-/m1/s1. The Bertz CT molecular complexity index is 1960. The van der Waals surface area contributed by atoms with Crippen LogP contribution in [-0.2, 0) is 0 Å². The van der Waals surface area contributed by atoms with Crippen LogP contribution in [0.1, 0.15) is 17.2 Å². The van der Waals surface area contributed by atoms with Crippen molar-refractivity contribution in [1.29, 1.82) is 0 Å². The molecular formula is C33H22N2O3. The van der Waals surface area contributed by atoms with Crippen molar-refractivity contribution in [1.82, 2.24) is 4.57 Å². The van der Waals surface area contributed by atoms with E-state index >= 15 is 0 Å². The predicted molar refractivity (Wildman–Crippen MR) is 151 cm³/mol. The smallest absolute Gasteiger partial charge is 0.261 e. The molecule has 6 aromatic rings. The Morgan fingerprint density at radius 3 is 2.37 bits per heavy atom. The second-order valence-corrected chi connectivity index (χ2v) is 9.68. The number of nitrogens with zero attached hydrogens (tertiary/aromatic N) is 1. The number of hydrogen-bond acceptors (Lipinski definition) is 4. The fourth-order valence-electron chi connectivity index (χ4n) is 5.96. The molecule has 0 saturated heterocycles. The van der Waals surface area contributed by atoms with Gasteiger partial charge in [-0.05, 0) is 52.7 Å². The lowest BCUT2D eigenvalue weighted by molar-refractivity contribution is 0.174. The highest BCUT2D eigenvalue weighted by Gasteiger charge is 2.33. The summed E-state index contributed by atoms with van der Waals surface area (Å²) in [6.45, 7) is 0.202. The van der Waals surface area contributed by atoms with E-state index in [9.17, 15) is 4.79 Å². The summed E-state index contributed by atoms with van der Waals surface area (Å²) in [7, 11) is 0. The lowest BCUT2D eigenvalue weighted by Gasteiger charge is -2.32. The zero-order valence-corrected chi connectivity index (χ0v) is 20.3. The van der Waals surface area contributed by atoms with Crippen LogP contribution in [0, 0.1) is 0 Å². The minimum absolute atomic E-state index is 0.0429. The number of hydrogen-bond donors (Lipinski definition) is 1. The van der Waals surface area contributed by atoms with Crippen LogP contribution in [0.5, 0.6) is 11.5 Å². The second kappa shape index (κ2) is 7.98. The van der Waals surface area contributed by atoms with E-state index in [1.54, 1.807) is 0 Å². The van der Waals surface area contributed by atoms with Crippen molar-refractivity contribution in [3.8, 4) is 28.3 Å². The minimum atomic E-state index is -0.375. The molecule has 0 bridgehead atoms. The molecule has 0 radical (unpaired) electrons. The molecule has 2 aliphatic rings. The van der Waals surface area contributed by atoms with Crippen LogP contribution >= 0.6 is 0 Å². The van der Waals surface area contributed by atoms with Gasteiger partial charge < -0.3 is 14.8 Å². The van der Waals surface area contributed by atoms with Crippen LogP contribution in [0.15, 0.2) is 114 Å². The quantitative estimate of drug-likeness (QED) is 0.280. The van der Waals surface area contributed by atoms with E-state index in [0.717, 1.165) is 61.1 Å². The molecule has 5 aromatic carbocycles. The minimum Gasteiger partial charge on any atom is -0.454 e. The van der Waals surface area contributed by atoms with Crippen LogP contribution in [0.4, 0.5) is 5.69 Å². The molecule has 38 heavy (non-hydrogen) atoms. The van der Waals surface area contributed by atoms with Gasteiger partial charge in [-0.25, -0.2) is 0 Å². The second-order valence-electron chi connectivity index (χ2n) is 9.68. The molecule has 1 N–H and O–H groups in total. The summed E-state index contributed by atoms with van der Waals surface area (Å²) >= 11 is 0. The average molecular weight is 495 g/mol. The van der Waals surface area contributed by atoms with E-state index in [1.807, 2.05) is 77.4 Å². The summed E-state index contributed by atoms with van der Waals surface area (Å²) in [6.07, 6.45) is 0. The molecule has 1 atom stereocenters. The van der Waals surface area contributed by atoms with Gasteiger partial charge in [-0.1, -0.05) is 72.8 Å². The maximum atomic E-state index is 14.7. The van der Waals surface area contributed by atoms with Crippen molar-refractivity contribution in [2.24, 2.45) is 0 Å². The molecule has 1 aromatic heterocycles. The third-order valence-electron chi connectivity index (χ3n) is 7.63. The Kier molecular flexibility index (Phi) is 4.43. The third kappa shape index (κ3) is 2.96. The van der Waals surface area contributed by atoms with E-state index < -0.39 is 0 Å². The van der Waals surface area contributed by atoms with E-state index in [0.29, 0.717) is 5.75 Å². The fourth-order valence-corrected chi connectivity index (χ4v) is 5.96. The number of fused-ring (bicyclic) bond motifs is 8. The Morgan fingerprint density at radius 2 is 1.47 bits per heavy atom. The fraction of sp³-hybridized carbons (Fsp3) is 0.0606. The van der Waals surface area contributed by atoms with Gasteiger partial charge >= 0.3 is 0 Å². The van der Waals surface area contributed by atoms with Crippen molar-refractivity contribution >= 4 is 27.4 Å². The molecule has 8 rings (SSSR count). The lowest BCUT2D eigenvalue weighted by Crippen LogP contribution is -2.31. The molecule has 3 heterocycles. The summed E-state index contributed by atoms with van der Waals surface area (Å²) in [5, 5.41) is 7.02. The number of para-hydroxylation sites is 2. The van der Waals surface area contributed by atoms with Gasteiger partial charge in [-0.3, -0.25) is 9.36 Å². The highest BCUT2D eigenvalue weighted by molar-refractivity contribution is 6.12. The van der Waals surface area contributed by atoms with Crippen LogP contribution < -0.4 is 20.3 Å².